The smallest absolute Gasteiger partial charge is 0.306 e. The lowest BCUT2D eigenvalue weighted by Gasteiger charge is -2.24. The van der Waals surface area contributed by atoms with Gasteiger partial charge in [-0.3, -0.25) is 9.59 Å². The summed E-state index contributed by atoms with van der Waals surface area (Å²) in [7, 11) is 0. The second-order valence-electron chi connectivity index (χ2n) is 19.0. The van der Waals surface area contributed by atoms with Crippen molar-refractivity contribution in [2.75, 3.05) is 6.61 Å². The van der Waals surface area contributed by atoms with E-state index in [1.165, 1.54) is 141 Å². The normalized spacial score (nSPS) is 13.7. The van der Waals surface area contributed by atoms with Crippen LogP contribution in [0.25, 0.3) is 0 Å². The molecule has 0 saturated carbocycles. The lowest BCUT2D eigenvalue weighted by atomic mass is 10.0. The Labute approximate surface area is 409 Å². The number of unbranched alkanes of at least 4 members (excludes halogenated alkanes) is 27. The van der Waals surface area contributed by atoms with Gasteiger partial charge in [0.1, 0.15) is 6.10 Å². The summed E-state index contributed by atoms with van der Waals surface area (Å²) in [6, 6.07) is -0.728. The molecule has 0 aliphatic carbocycles. The minimum absolute atomic E-state index is 0.0275. The minimum atomic E-state index is -0.810. The van der Waals surface area contributed by atoms with Crippen molar-refractivity contribution in [1.82, 2.24) is 5.32 Å². The van der Waals surface area contributed by atoms with Crippen LogP contribution < -0.4 is 5.32 Å². The van der Waals surface area contributed by atoms with E-state index in [0.717, 1.165) is 83.5 Å². The van der Waals surface area contributed by atoms with Gasteiger partial charge in [-0.05, 0) is 89.9 Å². The molecule has 6 nitrogen and oxygen atoms in total. The van der Waals surface area contributed by atoms with Crippen molar-refractivity contribution < 1.29 is 24.5 Å². The zero-order chi connectivity index (χ0) is 48.1. The van der Waals surface area contributed by atoms with Gasteiger partial charge in [-0.15, -0.1) is 0 Å². The number of ether oxygens (including phenoxy) is 1. The van der Waals surface area contributed by atoms with Gasteiger partial charge in [0, 0.05) is 6.42 Å². The summed E-state index contributed by atoms with van der Waals surface area (Å²) in [5, 5.41) is 23.8. The van der Waals surface area contributed by atoms with E-state index in [0.29, 0.717) is 19.3 Å². The van der Waals surface area contributed by atoms with E-state index in [1.807, 2.05) is 0 Å². The van der Waals surface area contributed by atoms with E-state index in [-0.39, 0.29) is 24.9 Å². The third kappa shape index (κ3) is 47.8. The Hall–Kier alpha value is -2.70. The third-order valence-electron chi connectivity index (χ3n) is 12.5. The first-order chi connectivity index (χ1) is 32.5. The van der Waals surface area contributed by atoms with Crippen LogP contribution in [-0.2, 0) is 14.3 Å². The van der Waals surface area contributed by atoms with Crippen LogP contribution in [0.5, 0.6) is 0 Å². The summed E-state index contributed by atoms with van der Waals surface area (Å²) < 4.78 is 5.91. The molecule has 3 atom stereocenters. The molecule has 0 aromatic rings. The van der Waals surface area contributed by atoms with E-state index in [9.17, 15) is 19.8 Å². The number of hydrogen-bond acceptors (Lipinski definition) is 5. The second-order valence-corrected chi connectivity index (χ2v) is 19.0. The molecule has 0 rings (SSSR count). The molecule has 0 aromatic heterocycles. The van der Waals surface area contributed by atoms with Crippen LogP contribution in [-0.4, -0.2) is 46.9 Å². The zero-order valence-corrected chi connectivity index (χ0v) is 43.6. The maximum absolute atomic E-state index is 13.2. The van der Waals surface area contributed by atoms with Crippen LogP contribution in [0.15, 0.2) is 72.9 Å². The number of allylic oxidation sites excluding steroid dienone is 12. The van der Waals surface area contributed by atoms with Gasteiger partial charge in [-0.2, -0.15) is 0 Å². The average molecular weight is 923 g/mol. The number of aliphatic hydroxyl groups excluding tert-OH is 2. The number of amides is 1. The van der Waals surface area contributed by atoms with Crippen LogP contribution in [0.4, 0.5) is 0 Å². The SMILES string of the molecule is CCCCC/C=C\C/C=C\C/C=C\C/C=C\CCCC(CC(=O)NC(CO)C(O)CCCCCCCCCCCCCCCC)OC(=O)CCCCC/C=C/C=C/CCCCCCCCC. The van der Waals surface area contributed by atoms with E-state index in [4.69, 9.17) is 4.74 Å². The number of carbonyl (C=O) groups excluding carboxylic acids is 2. The molecule has 0 saturated heterocycles. The molecule has 3 N–H and O–H groups in total. The quantitative estimate of drug-likeness (QED) is 0.0244. The Bertz CT molecular complexity index is 1220. The second kappa shape index (κ2) is 53.3. The zero-order valence-electron chi connectivity index (χ0n) is 43.6. The van der Waals surface area contributed by atoms with Crippen molar-refractivity contribution in [3.05, 3.63) is 72.9 Å². The molecule has 66 heavy (non-hydrogen) atoms. The molecular formula is C60H107NO5. The number of hydrogen-bond donors (Lipinski definition) is 3. The molecule has 0 aliphatic rings. The predicted molar refractivity (Wildman–Crippen MR) is 287 cm³/mol. The first-order valence-electron chi connectivity index (χ1n) is 28.2. The highest BCUT2D eigenvalue weighted by Gasteiger charge is 2.24. The number of rotatable bonds is 50. The van der Waals surface area contributed by atoms with Crippen molar-refractivity contribution >= 4 is 11.9 Å². The first kappa shape index (κ1) is 63.3. The van der Waals surface area contributed by atoms with Crippen molar-refractivity contribution in [3.8, 4) is 0 Å². The first-order valence-corrected chi connectivity index (χ1v) is 28.2. The van der Waals surface area contributed by atoms with E-state index < -0.39 is 18.2 Å². The molecule has 0 heterocycles. The summed E-state index contributed by atoms with van der Waals surface area (Å²) in [4.78, 5) is 26.2. The summed E-state index contributed by atoms with van der Waals surface area (Å²) >= 11 is 0. The lowest BCUT2D eigenvalue weighted by molar-refractivity contribution is -0.151. The number of nitrogens with one attached hydrogen (secondary N) is 1. The Kier molecular flexibility index (Phi) is 51.1. The van der Waals surface area contributed by atoms with Crippen LogP contribution >= 0.6 is 0 Å². The molecule has 0 aliphatic heterocycles. The van der Waals surface area contributed by atoms with Gasteiger partial charge in [0.2, 0.25) is 5.91 Å². The highest BCUT2D eigenvalue weighted by molar-refractivity contribution is 5.77. The topological polar surface area (TPSA) is 95.9 Å². The Morgan fingerprint density at radius 3 is 1.32 bits per heavy atom. The molecule has 3 unspecified atom stereocenters. The van der Waals surface area contributed by atoms with Gasteiger partial charge in [0.05, 0.1) is 25.2 Å². The van der Waals surface area contributed by atoms with Crippen molar-refractivity contribution in [1.29, 1.82) is 0 Å². The monoisotopic (exact) mass is 922 g/mol. The van der Waals surface area contributed by atoms with Crippen LogP contribution in [0, 0.1) is 0 Å². The molecule has 0 radical (unpaired) electrons. The highest BCUT2D eigenvalue weighted by atomic mass is 16.5. The Morgan fingerprint density at radius 2 is 0.833 bits per heavy atom. The summed E-state index contributed by atoms with van der Waals surface area (Å²) in [6.07, 6.45) is 68.2. The fraction of sp³-hybridized carbons (Fsp3) is 0.767. The van der Waals surface area contributed by atoms with E-state index in [2.05, 4.69) is 99.0 Å². The molecule has 0 spiro atoms. The largest absolute Gasteiger partial charge is 0.462 e. The molecular weight excluding hydrogens is 815 g/mol. The highest BCUT2D eigenvalue weighted by Crippen LogP contribution is 2.17. The fourth-order valence-electron chi connectivity index (χ4n) is 8.23. The number of aliphatic hydroxyl groups is 2. The van der Waals surface area contributed by atoms with Gasteiger partial charge in [0.15, 0.2) is 0 Å². The molecule has 0 fully saturated rings. The van der Waals surface area contributed by atoms with E-state index >= 15 is 0 Å². The average Bonchev–Trinajstić information content (AvgIpc) is 3.31. The van der Waals surface area contributed by atoms with Crippen molar-refractivity contribution in [2.24, 2.45) is 0 Å². The summed E-state index contributed by atoms with van der Waals surface area (Å²) in [6.45, 7) is 6.44. The van der Waals surface area contributed by atoms with Gasteiger partial charge in [-0.1, -0.05) is 241 Å². The van der Waals surface area contributed by atoms with Gasteiger partial charge >= 0.3 is 5.97 Å². The minimum Gasteiger partial charge on any atom is -0.462 e. The standard InChI is InChI=1S/C60H107NO5/c1-4-7-10-13-16-19-22-25-28-30-31-33-36-39-42-45-48-51-56(66-60(65)53-50-47-44-41-38-35-32-29-26-23-20-17-14-11-8-5-2)54-59(64)61-57(55-62)58(63)52-49-46-43-40-37-34-27-24-21-18-15-12-9-6-3/h16,19,25,28-29,31-33,35,38-39,42,56-58,62-63H,4-15,17-18,20-24,26-27,30,34,36-37,40-41,43-55H2,1-3H3,(H,61,64)/b19-16-,28-25-,32-29+,33-31-,38-35+,42-39-. The maximum atomic E-state index is 13.2. The Morgan fingerprint density at radius 1 is 0.455 bits per heavy atom. The van der Waals surface area contributed by atoms with Crippen molar-refractivity contribution in [3.63, 3.8) is 0 Å². The molecule has 0 bridgehead atoms. The lowest BCUT2D eigenvalue weighted by Crippen LogP contribution is -2.46. The van der Waals surface area contributed by atoms with Gasteiger partial charge < -0.3 is 20.3 Å². The number of esters is 1. The van der Waals surface area contributed by atoms with Crippen LogP contribution in [0.2, 0.25) is 0 Å². The molecule has 382 valence electrons. The van der Waals surface area contributed by atoms with Gasteiger partial charge in [-0.25, -0.2) is 0 Å². The van der Waals surface area contributed by atoms with Crippen molar-refractivity contribution in [2.45, 2.75) is 289 Å². The molecule has 6 heteroatoms. The van der Waals surface area contributed by atoms with Crippen LogP contribution in [0.1, 0.15) is 271 Å². The summed E-state index contributed by atoms with van der Waals surface area (Å²) in [5.74, 6) is -0.557. The predicted octanol–water partition coefficient (Wildman–Crippen LogP) is 17.3. The summed E-state index contributed by atoms with van der Waals surface area (Å²) in [5.41, 5.74) is 0. The van der Waals surface area contributed by atoms with E-state index in [1.54, 1.807) is 0 Å². The van der Waals surface area contributed by atoms with Gasteiger partial charge in [0.25, 0.3) is 0 Å². The Balaban J connectivity index is 4.72. The molecule has 1 amide bonds. The third-order valence-corrected chi connectivity index (χ3v) is 12.5. The van der Waals surface area contributed by atoms with Crippen LogP contribution in [0.3, 0.4) is 0 Å². The number of carbonyl (C=O) groups is 2. The fourth-order valence-corrected chi connectivity index (χ4v) is 8.23. The maximum Gasteiger partial charge on any atom is 0.306 e. The molecule has 0 aromatic carbocycles.